The number of aromatic nitrogens is 2. The van der Waals surface area contributed by atoms with Gasteiger partial charge in [0.15, 0.2) is 0 Å². The van der Waals surface area contributed by atoms with Crippen LogP contribution in [0.1, 0.15) is 17.0 Å². The Morgan fingerprint density at radius 1 is 1.35 bits per heavy atom. The maximum atomic E-state index is 10.6. The molecule has 2 aromatic rings. The van der Waals surface area contributed by atoms with E-state index >= 15 is 0 Å². The van der Waals surface area contributed by atoms with Gasteiger partial charge < -0.3 is 5.73 Å². The second-order valence-electron chi connectivity index (χ2n) is 4.47. The van der Waals surface area contributed by atoms with Gasteiger partial charge in [-0.05, 0) is 26.0 Å². The van der Waals surface area contributed by atoms with Crippen molar-refractivity contribution in [2.75, 3.05) is 6.61 Å². The number of aryl methyl sites for hydroxylation is 1. The van der Waals surface area contributed by atoms with Crippen molar-refractivity contribution in [1.29, 1.82) is 0 Å². The molecule has 0 aliphatic carbocycles. The van der Waals surface area contributed by atoms with Gasteiger partial charge in [-0.3, -0.25) is 9.63 Å². The maximum Gasteiger partial charge on any atom is 0.245 e. The summed E-state index contributed by atoms with van der Waals surface area (Å²) in [5.74, 6) is -0.508. The Balaban J connectivity index is 2.11. The summed E-state index contributed by atoms with van der Waals surface area (Å²) in [7, 11) is 0. The predicted molar refractivity (Wildman–Crippen MR) is 75.0 cm³/mol. The maximum absolute atomic E-state index is 10.6. The number of nitrogens with two attached hydrogens (primary N) is 1. The molecule has 20 heavy (non-hydrogen) atoms. The van der Waals surface area contributed by atoms with Crippen LogP contribution in [0.25, 0.3) is 5.69 Å². The quantitative estimate of drug-likeness (QED) is 0.608. The standard InChI is InChI=1S/C14H18N4O2/c1-10-13(8-16-20-9-14(15)19)11(2)18(17-10)12-6-4-3-5-7-12/h3-7,16H,8-9H2,1-2H3,(H2,15,19). The predicted octanol–water partition coefficient (Wildman–Crippen LogP) is 0.996. The van der Waals surface area contributed by atoms with Crippen LogP contribution in [-0.2, 0) is 16.2 Å². The van der Waals surface area contributed by atoms with Crippen LogP contribution in [0.4, 0.5) is 0 Å². The molecule has 1 aromatic carbocycles. The highest BCUT2D eigenvalue weighted by molar-refractivity contribution is 5.74. The summed E-state index contributed by atoms with van der Waals surface area (Å²) in [6, 6.07) is 9.91. The number of benzene rings is 1. The number of nitrogens with zero attached hydrogens (tertiary/aromatic N) is 2. The summed E-state index contributed by atoms with van der Waals surface area (Å²) < 4.78 is 1.89. The number of amides is 1. The smallest absolute Gasteiger partial charge is 0.245 e. The molecule has 3 N–H and O–H groups in total. The molecule has 1 aromatic heterocycles. The molecule has 106 valence electrons. The highest BCUT2D eigenvalue weighted by Gasteiger charge is 2.12. The molecule has 2 rings (SSSR count). The molecule has 0 spiro atoms. The molecule has 0 bridgehead atoms. The lowest BCUT2D eigenvalue weighted by molar-refractivity contribution is -0.125. The van der Waals surface area contributed by atoms with Crippen molar-refractivity contribution in [3.63, 3.8) is 0 Å². The van der Waals surface area contributed by atoms with E-state index in [0.717, 1.165) is 22.6 Å². The molecular weight excluding hydrogens is 256 g/mol. The summed E-state index contributed by atoms with van der Waals surface area (Å²) in [5, 5.41) is 4.52. The molecule has 6 heteroatoms. The van der Waals surface area contributed by atoms with Crippen molar-refractivity contribution in [3.8, 4) is 5.69 Å². The van der Waals surface area contributed by atoms with Crippen LogP contribution in [-0.4, -0.2) is 22.3 Å². The SMILES string of the molecule is Cc1nn(-c2ccccc2)c(C)c1CNOCC(N)=O. The minimum Gasteiger partial charge on any atom is -0.368 e. The van der Waals surface area contributed by atoms with E-state index in [4.69, 9.17) is 10.6 Å². The second-order valence-corrected chi connectivity index (χ2v) is 4.47. The Morgan fingerprint density at radius 3 is 2.70 bits per heavy atom. The normalized spacial score (nSPS) is 10.7. The first-order chi connectivity index (χ1) is 9.59. The number of para-hydroxylation sites is 1. The molecule has 0 fully saturated rings. The van der Waals surface area contributed by atoms with Crippen molar-refractivity contribution in [2.24, 2.45) is 5.73 Å². The van der Waals surface area contributed by atoms with Gasteiger partial charge in [0, 0.05) is 17.8 Å². The van der Waals surface area contributed by atoms with E-state index in [1.165, 1.54) is 0 Å². The van der Waals surface area contributed by atoms with Crippen LogP contribution in [0, 0.1) is 13.8 Å². The molecule has 0 aliphatic heterocycles. The average Bonchev–Trinajstić information content (AvgIpc) is 2.71. The fourth-order valence-electron chi connectivity index (χ4n) is 2.00. The molecule has 1 heterocycles. The fraction of sp³-hybridized carbons (Fsp3) is 0.286. The first-order valence-corrected chi connectivity index (χ1v) is 6.33. The highest BCUT2D eigenvalue weighted by atomic mass is 16.6. The van der Waals surface area contributed by atoms with Crippen molar-refractivity contribution in [3.05, 3.63) is 47.3 Å². The van der Waals surface area contributed by atoms with E-state index < -0.39 is 5.91 Å². The van der Waals surface area contributed by atoms with Gasteiger partial charge in [0.1, 0.15) is 6.61 Å². The molecule has 0 radical (unpaired) electrons. The monoisotopic (exact) mass is 274 g/mol. The molecule has 0 atom stereocenters. The van der Waals surface area contributed by atoms with E-state index in [1.807, 2.05) is 48.9 Å². The molecule has 0 saturated heterocycles. The summed E-state index contributed by atoms with van der Waals surface area (Å²) in [5.41, 5.74) is 11.7. The summed E-state index contributed by atoms with van der Waals surface area (Å²) >= 11 is 0. The zero-order valence-electron chi connectivity index (χ0n) is 11.6. The number of hydrogen-bond donors (Lipinski definition) is 2. The second kappa shape index (κ2) is 6.31. The van der Waals surface area contributed by atoms with Crippen LogP contribution in [0.15, 0.2) is 30.3 Å². The van der Waals surface area contributed by atoms with E-state index in [2.05, 4.69) is 10.6 Å². The first kappa shape index (κ1) is 14.2. The van der Waals surface area contributed by atoms with Crippen LogP contribution >= 0.6 is 0 Å². The number of rotatable bonds is 6. The molecular formula is C14H18N4O2. The number of carbonyl (C=O) groups excluding carboxylic acids is 1. The summed E-state index contributed by atoms with van der Waals surface area (Å²) in [4.78, 5) is 15.5. The highest BCUT2D eigenvalue weighted by Crippen LogP contribution is 2.17. The van der Waals surface area contributed by atoms with Gasteiger partial charge in [0.25, 0.3) is 0 Å². The zero-order chi connectivity index (χ0) is 14.5. The Morgan fingerprint density at radius 2 is 2.05 bits per heavy atom. The Hall–Kier alpha value is -2.18. The number of hydroxylamine groups is 1. The van der Waals surface area contributed by atoms with E-state index in [0.29, 0.717) is 6.54 Å². The number of hydrogen-bond acceptors (Lipinski definition) is 4. The van der Waals surface area contributed by atoms with Gasteiger partial charge in [-0.1, -0.05) is 18.2 Å². The van der Waals surface area contributed by atoms with Gasteiger partial charge in [-0.2, -0.15) is 10.6 Å². The van der Waals surface area contributed by atoms with Crippen LogP contribution in [0.2, 0.25) is 0 Å². The van der Waals surface area contributed by atoms with Gasteiger partial charge in [-0.25, -0.2) is 4.68 Å². The summed E-state index contributed by atoms with van der Waals surface area (Å²) in [6.07, 6.45) is 0. The third-order valence-electron chi connectivity index (χ3n) is 3.01. The lowest BCUT2D eigenvalue weighted by atomic mass is 10.2. The molecule has 6 nitrogen and oxygen atoms in total. The number of primary amides is 1. The third-order valence-corrected chi connectivity index (χ3v) is 3.01. The van der Waals surface area contributed by atoms with Crippen LogP contribution < -0.4 is 11.2 Å². The van der Waals surface area contributed by atoms with Crippen molar-refractivity contribution in [1.82, 2.24) is 15.3 Å². The van der Waals surface area contributed by atoms with Gasteiger partial charge in [0.05, 0.1) is 11.4 Å². The van der Waals surface area contributed by atoms with Crippen molar-refractivity contribution >= 4 is 5.91 Å². The number of carbonyl (C=O) groups is 1. The van der Waals surface area contributed by atoms with Gasteiger partial charge in [0.2, 0.25) is 5.91 Å². The summed E-state index contributed by atoms with van der Waals surface area (Å²) in [6.45, 7) is 4.26. The van der Waals surface area contributed by atoms with Gasteiger partial charge >= 0.3 is 0 Å². The Kier molecular flexibility index (Phi) is 4.49. The topological polar surface area (TPSA) is 82.2 Å². The molecule has 0 unspecified atom stereocenters. The minimum absolute atomic E-state index is 0.148. The Bertz CT molecular complexity index is 593. The van der Waals surface area contributed by atoms with E-state index in [9.17, 15) is 4.79 Å². The van der Waals surface area contributed by atoms with E-state index in [1.54, 1.807) is 0 Å². The molecule has 1 amide bonds. The average molecular weight is 274 g/mol. The minimum atomic E-state index is -0.508. The lowest BCUT2D eigenvalue weighted by Crippen LogP contribution is -2.24. The van der Waals surface area contributed by atoms with Gasteiger partial charge in [-0.15, -0.1) is 0 Å². The van der Waals surface area contributed by atoms with E-state index in [-0.39, 0.29) is 6.61 Å². The molecule has 0 aliphatic rings. The van der Waals surface area contributed by atoms with Crippen LogP contribution in [0.3, 0.4) is 0 Å². The fourth-order valence-corrected chi connectivity index (χ4v) is 2.00. The van der Waals surface area contributed by atoms with Crippen molar-refractivity contribution in [2.45, 2.75) is 20.4 Å². The zero-order valence-corrected chi connectivity index (χ0v) is 11.6. The van der Waals surface area contributed by atoms with Crippen LogP contribution in [0.5, 0.6) is 0 Å². The largest absolute Gasteiger partial charge is 0.368 e. The molecule has 0 saturated carbocycles. The Labute approximate surface area is 117 Å². The number of nitrogens with one attached hydrogen (secondary N) is 1. The van der Waals surface area contributed by atoms with Crippen molar-refractivity contribution < 1.29 is 9.63 Å². The lowest BCUT2D eigenvalue weighted by Gasteiger charge is -2.06. The first-order valence-electron chi connectivity index (χ1n) is 6.33. The third kappa shape index (κ3) is 3.23.